The predicted octanol–water partition coefficient (Wildman–Crippen LogP) is 13.3. The summed E-state index contributed by atoms with van der Waals surface area (Å²) in [5, 5.41) is 22.6. The summed E-state index contributed by atoms with van der Waals surface area (Å²) in [5.74, 6) is -2.38. The summed E-state index contributed by atoms with van der Waals surface area (Å²) in [4.78, 5) is 103. The maximum absolute atomic E-state index is 15.9. The number of hydrogen-bond acceptors (Lipinski definition) is 6. The number of carboxylic acid groups (broad SMARTS) is 2. The van der Waals surface area contributed by atoms with Gasteiger partial charge in [0.2, 0.25) is 0 Å². The fourth-order valence-electron chi connectivity index (χ4n) is 15.6. The molecule has 0 spiro atoms. The highest BCUT2D eigenvalue weighted by molar-refractivity contribution is 6.07. The van der Waals surface area contributed by atoms with Crippen LogP contribution < -0.4 is 19.6 Å². The van der Waals surface area contributed by atoms with Gasteiger partial charge in [0.1, 0.15) is 0 Å². The number of fused-ring (bicyclic) bond motifs is 10. The third-order valence-corrected chi connectivity index (χ3v) is 19.5. The molecule has 0 aliphatic carbocycles. The molecule has 0 aromatic heterocycles. The summed E-state index contributed by atoms with van der Waals surface area (Å²) < 4.78 is 0. The van der Waals surface area contributed by atoms with Gasteiger partial charge in [0.05, 0.1) is 69.7 Å². The van der Waals surface area contributed by atoms with Crippen LogP contribution in [0.4, 0.5) is 64.7 Å². The smallest absolute Gasteiger partial charge is 0.330 e. The summed E-state index contributed by atoms with van der Waals surface area (Å²) in [6.07, 6.45) is 5.81. The van der Waals surface area contributed by atoms with Crippen molar-refractivity contribution in [3.05, 3.63) is 228 Å². The first-order valence-electron chi connectivity index (χ1n) is 30.6. The van der Waals surface area contributed by atoms with Crippen LogP contribution in [0.3, 0.4) is 0 Å². The zero-order valence-corrected chi connectivity index (χ0v) is 48.3. The molecule has 0 radical (unpaired) electrons. The van der Waals surface area contributed by atoms with Gasteiger partial charge in [-0.05, 0) is 169 Å². The molecule has 7 aliphatic heterocycles. The van der Waals surface area contributed by atoms with E-state index < -0.39 is 66.3 Å². The number of para-hydroxylation sites is 6. The molecule has 440 valence electrons. The molecule has 8 aromatic carbocycles. The number of hydrogen-bond donors (Lipinski definition) is 2. The quantitative estimate of drug-likeness (QED) is 0.172. The van der Waals surface area contributed by atoms with E-state index in [4.69, 9.17) is 0 Å². The SMILES string of the molecule is O=C(O)[C@@H]1[C@H]2CC[C@@H](CN1C(=O)N1c3ccccc3CCc3ccccc31)N2C(=O)N(c1ccccc1)c1cccc(-c2cccc3c2CCc2ccccc2N3C(=O)N2C[C@@H]3CC[C@H]([C@H]2C(=O)O)N3C(=O)N2c3ccccc3CCc3ccccc32)c1. The number of urea groups is 4. The van der Waals surface area contributed by atoms with Gasteiger partial charge >= 0.3 is 36.1 Å². The van der Waals surface area contributed by atoms with E-state index in [1.807, 2.05) is 194 Å². The van der Waals surface area contributed by atoms with Gasteiger partial charge in [-0.2, -0.15) is 0 Å². The Morgan fingerprint density at radius 1 is 0.375 bits per heavy atom. The van der Waals surface area contributed by atoms with E-state index in [9.17, 15) is 19.8 Å². The molecule has 0 unspecified atom stereocenters. The minimum atomic E-state index is -1.35. The highest BCUT2D eigenvalue weighted by Crippen LogP contribution is 2.48. The Labute approximate surface area is 509 Å². The summed E-state index contributed by atoms with van der Waals surface area (Å²) in [7, 11) is 0. The number of carbonyl (C=O) groups is 6. The molecule has 15 rings (SSSR count). The Bertz CT molecular complexity index is 4060. The molecule has 8 aromatic rings. The summed E-state index contributed by atoms with van der Waals surface area (Å²) in [5.41, 5.74) is 12.6. The average molecular weight is 1170 g/mol. The van der Waals surface area contributed by atoms with Crippen LogP contribution in [0.2, 0.25) is 0 Å². The molecule has 7 heterocycles. The minimum absolute atomic E-state index is 0.00996. The molecule has 0 saturated carbocycles. The van der Waals surface area contributed by atoms with Gasteiger partial charge in [-0.1, -0.05) is 133 Å². The van der Waals surface area contributed by atoms with Crippen molar-refractivity contribution in [2.45, 2.75) is 100 Å². The van der Waals surface area contributed by atoms with E-state index >= 15 is 19.2 Å². The van der Waals surface area contributed by atoms with Crippen LogP contribution in [-0.2, 0) is 48.1 Å². The highest BCUT2D eigenvalue weighted by atomic mass is 16.4. The highest BCUT2D eigenvalue weighted by Gasteiger charge is 2.57. The predicted molar refractivity (Wildman–Crippen MR) is 336 cm³/mol. The summed E-state index contributed by atoms with van der Waals surface area (Å²) in [6.45, 7) is 0.0241. The fourth-order valence-corrected chi connectivity index (χ4v) is 15.6. The lowest BCUT2D eigenvalue weighted by Crippen LogP contribution is -2.67. The van der Waals surface area contributed by atoms with Crippen LogP contribution in [0.25, 0.3) is 11.1 Å². The number of carbonyl (C=O) groups excluding carboxylic acids is 4. The van der Waals surface area contributed by atoms with Crippen molar-refractivity contribution >= 4 is 81.6 Å². The molecule has 4 bridgehead atoms. The first-order chi connectivity index (χ1) is 43.0. The molecule has 2 N–H and O–H groups in total. The first-order valence-corrected chi connectivity index (χ1v) is 30.6. The van der Waals surface area contributed by atoms with Crippen LogP contribution in [-0.4, -0.2) is 115 Å². The van der Waals surface area contributed by atoms with Gasteiger partial charge in [0.15, 0.2) is 12.1 Å². The number of aryl methyl sites for hydroxylation is 5. The third-order valence-electron chi connectivity index (χ3n) is 19.5. The Hall–Kier alpha value is -10.2. The second-order valence-corrected chi connectivity index (χ2v) is 24.1. The number of aliphatic carboxylic acids is 2. The monoisotopic (exact) mass is 1170 g/mol. The van der Waals surface area contributed by atoms with Crippen molar-refractivity contribution in [2.75, 3.05) is 32.7 Å². The maximum Gasteiger partial charge on any atom is 0.330 e. The fraction of sp³-hybridized carbons (Fsp3) is 0.250. The topological polar surface area (TPSA) is 169 Å². The summed E-state index contributed by atoms with van der Waals surface area (Å²) in [6, 6.07) is 54.9. The van der Waals surface area contributed by atoms with Crippen LogP contribution in [0.1, 0.15) is 59.1 Å². The lowest BCUT2D eigenvalue weighted by Gasteiger charge is -2.47. The average Bonchev–Trinajstić information content (AvgIpc) is 1.52. The molecule has 7 aliphatic rings. The van der Waals surface area contributed by atoms with Crippen molar-refractivity contribution in [1.29, 1.82) is 0 Å². The van der Waals surface area contributed by atoms with Crippen molar-refractivity contribution in [3.63, 3.8) is 0 Å². The first kappa shape index (κ1) is 54.4. The van der Waals surface area contributed by atoms with Crippen LogP contribution in [0.5, 0.6) is 0 Å². The van der Waals surface area contributed by atoms with Crippen LogP contribution >= 0.6 is 0 Å². The van der Waals surface area contributed by atoms with Crippen molar-refractivity contribution in [3.8, 4) is 11.1 Å². The number of rotatable bonds is 5. The Morgan fingerprint density at radius 3 is 1.25 bits per heavy atom. The zero-order valence-electron chi connectivity index (χ0n) is 48.3. The van der Waals surface area contributed by atoms with E-state index in [0.29, 0.717) is 85.5 Å². The second-order valence-electron chi connectivity index (χ2n) is 24.1. The number of benzene rings is 8. The van der Waals surface area contributed by atoms with E-state index in [2.05, 4.69) is 0 Å². The van der Waals surface area contributed by atoms with Gasteiger partial charge in [0, 0.05) is 13.1 Å². The number of nitrogens with zero attached hydrogens (tertiary/aromatic N) is 8. The van der Waals surface area contributed by atoms with E-state index in [-0.39, 0.29) is 19.1 Å². The molecule has 16 nitrogen and oxygen atoms in total. The number of amides is 8. The molecular weight excluding hydrogens is 1100 g/mol. The van der Waals surface area contributed by atoms with Gasteiger partial charge in [-0.25, -0.2) is 28.8 Å². The molecule has 88 heavy (non-hydrogen) atoms. The molecular formula is C72H64N8O8. The summed E-state index contributed by atoms with van der Waals surface area (Å²) >= 11 is 0. The molecule has 16 heteroatoms. The Kier molecular flexibility index (Phi) is 13.6. The van der Waals surface area contributed by atoms with Crippen molar-refractivity contribution in [2.24, 2.45) is 0 Å². The second kappa shape index (κ2) is 21.9. The number of anilines is 8. The van der Waals surface area contributed by atoms with Crippen molar-refractivity contribution in [1.82, 2.24) is 19.6 Å². The number of piperazine rings is 2. The van der Waals surface area contributed by atoms with Crippen molar-refractivity contribution < 1.29 is 39.0 Å². The standard InChI is InChI=1S/C72H64N8O8/c81-67(82)65-63-40-37-53(43-73(65)69(85)78-57-26-9-4-16-45(57)32-33-46-17-5-10-27-58(46)78)76(63)71(87)75(51-22-2-1-3-23-51)52-24-14-21-50(42-52)55-25-15-31-62-56(55)39-36-49-20-8-13-30-61(49)80(62)70(86)74-44-54-38-41-64(66(74)68(83)84)77(54)72(88)79-59-28-11-6-18-47(59)34-35-48-19-7-12-29-60(48)79/h1-31,42,53-54,63-66H,32-41,43-44H2,(H,81,82)(H,83,84)/t53-,54-,63+,64+,65-,66-/m0/s1. The lowest BCUT2D eigenvalue weighted by molar-refractivity contribution is -0.146. The lowest BCUT2D eigenvalue weighted by atomic mass is 9.94. The normalized spacial score (nSPS) is 21.3. The Morgan fingerprint density at radius 2 is 0.761 bits per heavy atom. The van der Waals surface area contributed by atoms with Crippen LogP contribution in [0.15, 0.2) is 194 Å². The number of likely N-dealkylation sites (tertiary alicyclic amines) is 2. The Balaban J connectivity index is 0.758. The largest absolute Gasteiger partial charge is 0.480 e. The van der Waals surface area contributed by atoms with Gasteiger partial charge in [0.25, 0.3) is 0 Å². The van der Waals surface area contributed by atoms with Gasteiger partial charge in [-0.3, -0.25) is 19.6 Å². The van der Waals surface area contributed by atoms with E-state index in [1.165, 1.54) is 9.80 Å². The van der Waals surface area contributed by atoms with E-state index in [0.717, 1.165) is 68.7 Å². The van der Waals surface area contributed by atoms with Gasteiger partial charge in [-0.15, -0.1) is 0 Å². The zero-order chi connectivity index (χ0) is 59.9. The number of carboxylic acids is 2. The molecule has 6 atom stereocenters. The maximum atomic E-state index is 15.9. The molecule has 8 amide bonds. The minimum Gasteiger partial charge on any atom is -0.480 e. The molecule has 4 fully saturated rings. The van der Waals surface area contributed by atoms with E-state index in [1.54, 1.807) is 29.4 Å². The molecule has 4 saturated heterocycles. The van der Waals surface area contributed by atoms with Crippen LogP contribution in [0, 0.1) is 0 Å². The third kappa shape index (κ3) is 8.93. The van der Waals surface area contributed by atoms with Gasteiger partial charge < -0.3 is 29.8 Å².